The zero-order chi connectivity index (χ0) is 14.8. The number of halogens is 1. The van der Waals surface area contributed by atoms with E-state index in [1.54, 1.807) is 36.4 Å². The molecule has 1 atom stereocenters. The predicted molar refractivity (Wildman–Crippen MR) is 73.3 cm³/mol. The van der Waals surface area contributed by atoms with Gasteiger partial charge < -0.3 is 5.11 Å². The molecule has 0 saturated carbocycles. The van der Waals surface area contributed by atoms with Crippen molar-refractivity contribution in [1.82, 2.24) is 0 Å². The first-order chi connectivity index (χ1) is 10.1. The molecule has 1 aliphatic heterocycles. The average molecular weight is 308 g/mol. The lowest BCUT2D eigenvalue weighted by molar-refractivity contribution is -0.286. The van der Waals surface area contributed by atoms with Crippen LogP contribution in [0.15, 0.2) is 48.5 Å². The minimum absolute atomic E-state index is 0.117. The summed E-state index contributed by atoms with van der Waals surface area (Å²) in [6, 6.07) is 13.1. The Morgan fingerprint density at radius 3 is 2.76 bits per heavy atom. The first kappa shape index (κ1) is 13.8. The number of rotatable bonds is 3. The van der Waals surface area contributed by atoms with Gasteiger partial charge in [-0.25, -0.2) is 9.63 Å². The Kier molecular flexibility index (Phi) is 3.76. The Bertz CT molecular complexity index is 678. The summed E-state index contributed by atoms with van der Waals surface area (Å²) in [6.45, 7) is 0. The highest BCUT2D eigenvalue weighted by Crippen LogP contribution is 2.32. The third-order valence-electron chi connectivity index (χ3n) is 2.81. The van der Waals surface area contributed by atoms with Crippen LogP contribution in [0.2, 0.25) is 5.02 Å². The van der Waals surface area contributed by atoms with Crippen molar-refractivity contribution in [3.63, 3.8) is 0 Å². The summed E-state index contributed by atoms with van der Waals surface area (Å²) in [4.78, 5) is 26.4. The lowest BCUT2D eigenvalue weighted by Crippen LogP contribution is -2.15. The van der Waals surface area contributed by atoms with Crippen LogP contribution in [0.4, 0.5) is 5.69 Å². The molecular formula is C14H10ClNO5. The number of aromatic carboxylic acids is 1. The Balaban J connectivity index is 1.78. The highest BCUT2D eigenvalue weighted by atomic mass is 35.5. The van der Waals surface area contributed by atoms with Gasteiger partial charge >= 0.3 is 5.97 Å². The maximum Gasteiger partial charge on any atom is 0.335 e. The fraction of sp³-hybridized carbons (Fsp3) is 0.0714. The second-order valence-corrected chi connectivity index (χ2v) is 4.71. The molecule has 1 heterocycles. The van der Waals surface area contributed by atoms with E-state index in [-0.39, 0.29) is 5.56 Å². The topological polar surface area (TPSA) is 68.2 Å². The number of benzene rings is 2. The summed E-state index contributed by atoms with van der Waals surface area (Å²) in [5, 5.41) is 10.5. The van der Waals surface area contributed by atoms with Gasteiger partial charge in [0.2, 0.25) is 6.29 Å². The smallest absolute Gasteiger partial charge is 0.335 e. The number of hydrogen-bond acceptors (Lipinski definition) is 5. The molecule has 2 aromatic carbocycles. The Morgan fingerprint density at radius 1 is 1.19 bits per heavy atom. The molecule has 0 aliphatic carbocycles. The van der Waals surface area contributed by atoms with Crippen LogP contribution in [0.5, 0.6) is 0 Å². The number of carboxylic acids is 1. The third kappa shape index (κ3) is 2.98. The second kappa shape index (κ2) is 5.71. The normalized spacial score (nSPS) is 18.0. The van der Waals surface area contributed by atoms with Gasteiger partial charge in [-0.05, 0) is 30.3 Å². The highest BCUT2D eigenvalue weighted by Gasteiger charge is 2.29. The summed E-state index contributed by atoms with van der Waals surface area (Å²) in [6.07, 6.45) is -0.780. The van der Waals surface area contributed by atoms with Gasteiger partial charge in [0, 0.05) is 10.6 Å². The van der Waals surface area contributed by atoms with Crippen LogP contribution < -0.4 is 5.23 Å². The molecule has 0 radical (unpaired) electrons. The SMILES string of the molecule is O=C(O)c1cccc(N2OOC(c3cccc(Cl)c3)O2)c1. The lowest BCUT2D eigenvalue weighted by Gasteiger charge is -2.12. The minimum Gasteiger partial charge on any atom is -0.478 e. The van der Waals surface area contributed by atoms with Gasteiger partial charge in [0.05, 0.1) is 11.3 Å². The number of anilines is 1. The van der Waals surface area contributed by atoms with Crippen molar-refractivity contribution in [1.29, 1.82) is 0 Å². The Morgan fingerprint density at radius 2 is 2.00 bits per heavy atom. The zero-order valence-electron chi connectivity index (χ0n) is 10.6. The van der Waals surface area contributed by atoms with Crippen molar-refractivity contribution in [3.8, 4) is 0 Å². The lowest BCUT2D eigenvalue weighted by atomic mass is 10.2. The Hall–Kier alpha value is -2.12. The van der Waals surface area contributed by atoms with Crippen molar-refractivity contribution in [3.05, 3.63) is 64.7 Å². The molecule has 0 spiro atoms. The molecule has 21 heavy (non-hydrogen) atoms. The van der Waals surface area contributed by atoms with Crippen LogP contribution in [0, 0.1) is 0 Å². The van der Waals surface area contributed by atoms with E-state index < -0.39 is 12.3 Å². The molecule has 1 saturated heterocycles. The molecular weight excluding hydrogens is 298 g/mol. The molecule has 1 unspecified atom stereocenters. The first-order valence-corrected chi connectivity index (χ1v) is 6.40. The molecule has 1 fully saturated rings. The molecule has 0 aromatic heterocycles. The molecule has 7 heteroatoms. The van der Waals surface area contributed by atoms with E-state index in [0.717, 1.165) is 5.23 Å². The summed E-state index contributed by atoms with van der Waals surface area (Å²) in [7, 11) is 0. The predicted octanol–water partition coefficient (Wildman–Crippen LogP) is 3.35. The van der Waals surface area contributed by atoms with E-state index in [4.69, 9.17) is 31.4 Å². The van der Waals surface area contributed by atoms with Crippen LogP contribution in [-0.2, 0) is 14.7 Å². The van der Waals surface area contributed by atoms with E-state index >= 15 is 0 Å². The molecule has 0 bridgehead atoms. The minimum atomic E-state index is -1.04. The summed E-state index contributed by atoms with van der Waals surface area (Å²) in [5.41, 5.74) is 1.20. The summed E-state index contributed by atoms with van der Waals surface area (Å²) >= 11 is 5.90. The van der Waals surface area contributed by atoms with Crippen LogP contribution in [0.25, 0.3) is 0 Å². The van der Waals surface area contributed by atoms with Gasteiger partial charge in [-0.1, -0.05) is 40.0 Å². The Labute approximate surface area is 124 Å². The molecule has 6 nitrogen and oxygen atoms in total. The molecule has 2 aromatic rings. The largest absolute Gasteiger partial charge is 0.478 e. The molecule has 1 aliphatic rings. The van der Waals surface area contributed by atoms with Crippen LogP contribution >= 0.6 is 11.6 Å². The maximum absolute atomic E-state index is 10.9. The number of hydrogen-bond donors (Lipinski definition) is 1. The van der Waals surface area contributed by atoms with E-state index in [1.807, 2.05) is 0 Å². The van der Waals surface area contributed by atoms with Crippen molar-refractivity contribution >= 4 is 23.3 Å². The molecule has 3 rings (SSSR count). The summed E-state index contributed by atoms with van der Waals surface area (Å²) < 4.78 is 0. The van der Waals surface area contributed by atoms with Crippen molar-refractivity contribution in [2.45, 2.75) is 6.29 Å². The van der Waals surface area contributed by atoms with Crippen molar-refractivity contribution in [2.24, 2.45) is 0 Å². The number of carboxylic acid groups (broad SMARTS) is 1. The van der Waals surface area contributed by atoms with Crippen LogP contribution in [0.3, 0.4) is 0 Å². The van der Waals surface area contributed by atoms with E-state index in [1.165, 1.54) is 12.1 Å². The first-order valence-electron chi connectivity index (χ1n) is 6.02. The van der Waals surface area contributed by atoms with Gasteiger partial charge in [0.15, 0.2) is 0 Å². The standard InChI is InChI=1S/C14H10ClNO5/c15-11-5-1-4-10(7-11)14-19-16(21-20-14)12-6-2-3-9(8-12)13(17)18/h1-8,14H,(H,17,18). The van der Waals surface area contributed by atoms with Gasteiger partial charge in [0.25, 0.3) is 0 Å². The molecule has 0 amide bonds. The molecule has 108 valence electrons. The van der Waals surface area contributed by atoms with E-state index in [9.17, 15) is 4.79 Å². The second-order valence-electron chi connectivity index (χ2n) is 4.28. The van der Waals surface area contributed by atoms with Gasteiger partial charge in [-0.3, -0.25) is 0 Å². The van der Waals surface area contributed by atoms with E-state index in [2.05, 4.69) is 0 Å². The fourth-order valence-electron chi connectivity index (χ4n) is 1.83. The van der Waals surface area contributed by atoms with Crippen LogP contribution in [-0.4, -0.2) is 11.1 Å². The monoisotopic (exact) mass is 307 g/mol. The molecule has 1 N–H and O–H groups in total. The van der Waals surface area contributed by atoms with Crippen molar-refractivity contribution < 1.29 is 24.6 Å². The van der Waals surface area contributed by atoms with Gasteiger partial charge in [-0.15, -0.1) is 0 Å². The quantitative estimate of drug-likeness (QED) is 0.877. The van der Waals surface area contributed by atoms with E-state index in [0.29, 0.717) is 16.3 Å². The van der Waals surface area contributed by atoms with Gasteiger partial charge in [-0.2, -0.15) is 4.89 Å². The summed E-state index contributed by atoms with van der Waals surface area (Å²) in [5.74, 6) is -1.04. The van der Waals surface area contributed by atoms with Crippen molar-refractivity contribution in [2.75, 3.05) is 5.23 Å². The fourth-order valence-corrected chi connectivity index (χ4v) is 2.02. The van der Waals surface area contributed by atoms with Crippen LogP contribution in [0.1, 0.15) is 22.2 Å². The highest BCUT2D eigenvalue weighted by molar-refractivity contribution is 6.30. The zero-order valence-corrected chi connectivity index (χ0v) is 11.4. The average Bonchev–Trinajstić information content (AvgIpc) is 2.97. The number of carbonyl (C=O) groups is 1. The maximum atomic E-state index is 10.9. The number of nitrogens with zero attached hydrogens (tertiary/aromatic N) is 1. The van der Waals surface area contributed by atoms with Gasteiger partial charge in [0.1, 0.15) is 0 Å². The third-order valence-corrected chi connectivity index (χ3v) is 3.05.